The van der Waals surface area contributed by atoms with Gasteiger partial charge in [0.05, 0.1) is 13.0 Å². The number of ether oxygens (including phenoxy) is 1. The van der Waals surface area contributed by atoms with Crippen molar-refractivity contribution in [2.24, 2.45) is 5.92 Å². The van der Waals surface area contributed by atoms with Crippen LogP contribution in [0.4, 0.5) is 0 Å². The topological polar surface area (TPSA) is 26.3 Å². The Morgan fingerprint density at radius 1 is 1.43 bits per heavy atom. The minimum atomic E-state index is -0.181. The number of benzene rings is 1. The van der Waals surface area contributed by atoms with Gasteiger partial charge in [-0.1, -0.05) is 30.7 Å². The Bertz CT molecular complexity index is 306. The highest BCUT2D eigenvalue weighted by Gasteiger charge is 2.13. The first-order valence-electron chi connectivity index (χ1n) is 4.45. The van der Waals surface area contributed by atoms with E-state index in [4.69, 9.17) is 11.6 Å². The average molecular weight is 213 g/mol. The van der Waals surface area contributed by atoms with Crippen LogP contribution >= 0.6 is 11.6 Å². The van der Waals surface area contributed by atoms with Gasteiger partial charge < -0.3 is 4.74 Å². The highest BCUT2D eigenvalue weighted by molar-refractivity contribution is 6.30. The summed E-state index contributed by atoms with van der Waals surface area (Å²) >= 11 is 5.75. The minimum absolute atomic E-state index is 0.110. The Morgan fingerprint density at radius 3 is 2.50 bits per heavy atom. The number of halogens is 1. The number of carbonyl (C=O) groups is 1. The van der Waals surface area contributed by atoms with Crippen LogP contribution in [0.3, 0.4) is 0 Å². The molecule has 0 N–H and O–H groups in total. The van der Waals surface area contributed by atoms with Crippen molar-refractivity contribution in [1.29, 1.82) is 0 Å². The smallest absolute Gasteiger partial charge is 0.308 e. The lowest BCUT2D eigenvalue weighted by molar-refractivity contribution is -0.144. The maximum absolute atomic E-state index is 11.1. The zero-order valence-electron chi connectivity index (χ0n) is 8.29. The van der Waals surface area contributed by atoms with Crippen molar-refractivity contribution in [3.05, 3.63) is 34.9 Å². The van der Waals surface area contributed by atoms with E-state index in [9.17, 15) is 4.79 Å². The molecule has 0 saturated carbocycles. The molecule has 1 atom stereocenters. The molecule has 0 aliphatic heterocycles. The van der Waals surface area contributed by atoms with Crippen molar-refractivity contribution < 1.29 is 9.53 Å². The molecule has 1 aromatic carbocycles. The predicted octanol–water partition coefficient (Wildman–Crippen LogP) is 2.69. The van der Waals surface area contributed by atoms with E-state index < -0.39 is 0 Å². The van der Waals surface area contributed by atoms with E-state index in [0.29, 0.717) is 11.4 Å². The number of carbonyl (C=O) groups excluding carboxylic acids is 1. The first kappa shape index (κ1) is 11.1. The van der Waals surface area contributed by atoms with Gasteiger partial charge in [0.2, 0.25) is 0 Å². The van der Waals surface area contributed by atoms with Gasteiger partial charge >= 0.3 is 5.97 Å². The summed E-state index contributed by atoms with van der Waals surface area (Å²) in [5, 5.41) is 0.708. The maximum atomic E-state index is 11.1. The first-order valence-corrected chi connectivity index (χ1v) is 4.83. The zero-order valence-corrected chi connectivity index (χ0v) is 9.04. The molecule has 1 aromatic rings. The van der Waals surface area contributed by atoms with Crippen LogP contribution in [0.25, 0.3) is 0 Å². The van der Waals surface area contributed by atoms with Gasteiger partial charge in [0.15, 0.2) is 0 Å². The van der Waals surface area contributed by atoms with Crippen LogP contribution in [0.5, 0.6) is 0 Å². The summed E-state index contributed by atoms with van der Waals surface area (Å²) in [6, 6.07) is 7.48. The standard InChI is InChI=1S/C11H13ClO2/c1-8(11(13)14-2)7-9-3-5-10(12)6-4-9/h3-6,8H,7H2,1-2H3. The van der Waals surface area contributed by atoms with Gasteiger partial charge in [-0.15, -0.1) is 0 Å². The molecule has 3 heteroatoms. The molecule has 0 spiro atoms. The van der Waals surface area contributed by atoms with E-state index in [2.05, 4.69) is 4.74 Å². The van der Waals surface area contributed by atoms with Crippen LogP contribution in [0.1, 0.15) is 12.5 Å². The molecule has 76 valence electrons. The van der Waals surface area contributed by atoms with Crippen LogP contribution in [-0.2, 0) is 16.0 Å². The van der Waals surface area contributed by atoms with E-state index in [1.54, 1.807) is 0 Å². The molecular formula is C11H13ClO2. The van der Waals surface area contributed by atoms with Crippen LogP contribution < -0.4 is 0 Å². The molecule has 1 unspecified atom stereocenters. The third-order valence-electron chi connectivity index (χ3n) is 2.06. The van der Waals surface area contributed by atoms with Crippen molar-refractivity contribution in [3.63, 3.8) is 0 Å². The fourth-order valence-electron chi connectivity index (χ4n) is 1.26. The predicted molar refractivity (Wildman–Crippen MR) is 56.3 cm³/mol. The second kappa shape index (κ2) is 5.01. The summed E-state index contributed by atoms with van der Waals surface area (Å²) in [4.78, 5) is 11.1. The fraction of sp³-hybridized carbons (Fsp3) is 0.364. The maximum Gasteiger partial charge on any atom is 0.308 e. The Morgan fingerprint density at radius 2 is 2.00 bits per heavy atom. The van der Waals surface area contributed by atoms with Gasteiger partial charge in [-0.3, -0.25) is 4.79 Å². The lowest BCUT2D eigenvalue weighted by Gasteiger charge is -2.08. The largest absolute Gasteiger partial charge is 0.469 e. The lowest BCUT2D eigenvalue weighted by atomic mass is 10.0. The molecule has 0 aromatic heterocycles. The first-order chi connectivity index (χ1) is 6.63. The number of esters is 1. The molecule has 14 heavy (non-hydrogen) atoms. The third-order valence-corrected chi connectivity index (χ3v) is 2.31. The Labute approximate surface area is 88.8 Å². The van der Waals surface area contributed by atoms with Crippen molar-refractivity contribution in [3.8, 4) is 0 Å². The van der Waals surface area contributed by atoms with Gasteiger partial charge in [-0.2, -0.15) is 0 Å². The van der Waals surface area contributed by atoms with E-state index in [1.165, 1.54) is 7.11 Å². The van der Waals surface area contributed by atoms with Gasteiger partial charge in [-0.05, 0) is 24.1 Å². The van der Waals surface area contributed by atoms with Crippen molar-refractivity contribution >= 4 is 17.6 Å². The molecule has 2 nitrogen and oxygen atoms in total. The monoisotopic (exact) mass is 212 g/mol. The van der Waals surface area contributed by atoms with Crippen LogP contribution in [0.15, 0.2) is 24.3 Å². The van der Waals surface area contributed by atoms with Crippen molar-refractivity contribution in [1.82, 2.24) is 0 Å². The molecule has 0 heterocycles. The van der Waals surface area contributed by atoms with Crippen LogP contribution in [0, 0.1) is 5.92 Å². The average Bonchev–Trinajstić information content (AvgIpc) is 2.20. The molecule has 0 bridgehead atoms. The van der Waals surface area contributed by atoms with Gasteiger partial charge in [0, 0.05) is 5.02 Å². The Balaban J connectivity index is 2.60. The van der Waals surface area contributed by atoms with E-state index in [-0.39, 0.29) is 11.9 Å². The number of rotatable bonds is 3. The molecule has 0 fully saturated rings. The van der Waals surface area contributed by atoms with Crippen LogP contribution in [-0.4, -0.2) is 13.1 Å². The normalized spacial score (nSPS) is 12.2. The van der Waals surface area contributed by atoms with E-state index in [0.717, 1.165) is 5.56 Å². The van der Waals surface area contributed by atoms with Crippen molar-refractivity contribution in [2.45, 2.75) is 13.3 Å². The highest BCUT2D eigenvalue weighted by Crippen LogP contribution is 2.13. The van der Waals surface area contributed by atoms with E-state index in [1.807, 2.05) is 31.2 Å². The Kier molecular flexibility index (Phi) is 3.96. The second-order valence-corrected chi connectivity index (χ2v) is 3.69. The molecule has 0 saturated heterocycles. The summed E-state index contributed by atoms with van der Waals surface area (Å²) in [6.45, 7) is 1.85. The number of hydrogen-bond donors (Lipinski definition) is 0. The Hall–Kier alpha value is -1.02. The van der Waals surface area contributed by atoms with E-state index >= 15 is 0 Å². The SMILES string of the molecule is COC(=O)C(C)Cc1ccc(Cl)cc1. The molecule has 0 radical (unpaired) electrons. The molecule has 0 aliphatic rings. The summed E-state index contributed by atoms with van der Waals surface area (Å²) in [5.74, 6) is -0.291. The van der Waals surface area contributed by atoms with Gasteiger partial charge in [0.1, 0.15) is 0 Å². The zero-order chi connectivity index (χ0) is 10.6. The molecule has 1 rings (SSSR count). The quantitative estimate of drug-likeness (QED) is 0.721. The highest BCUT2D eigenvalue weighted by atomic mass is 35.5. The second-order valence-electron chi connectivity index (χ2n) is 3.25. The molecular weight excluding hydrogens is 200 g/mol. The van der Waals surface area contributed by atoms with Gasteiger partial charge in [0.25, 0.3) is 0 Å². The number of hydrogen-bond acceptors (Lipinski definition) is 2. The summed E-state index contributed by atoms with van der Waals surface area (Å²) in [7, 11) is 1.40. The van der Waals surface area contributed by atoms with Crippen LogP contribution in [0.2, 0.25) is 5.02 Å². The van der Waals surface area contributed by atoms with Crippen molar-refractivity contribution in [2.75, 3.05) is 7.11 Å². The molecule has 0 amide bonds. The number of methoxy groups -OCH3 is 1. The third kappa shape index (κ3) is 3.04. The lowest BCUT2D eigenvalue weighted by Crippen LogP contribution is -2.14. The summed E-state index contributed by atoms with van der Waals surface area (Å²) < 4.78 is 4.64. The fourth-order valence-corrected chi connectivity index (χ4v) is 1.38. The summed E-state index contributed by atoms with van der Waals surface area (Å²) in [5.41, 5.74) is 1.09. The molecule has 0 aliphatic carbocycles. The minimum Gasteiger partial charge on any atom is -0.469 e. The van der Waals surface area contributed by atoms with Gasteiger partial charge in [-0.25, -0.2) is 0 Å². The summed E-state index contributed by atoms with van der Waals surface area (Å²) in [6.07, 6.45) is 0.684.